The minimum absolute atomic E-state index is 0.788. The Morgan fingerprint density at radius 3 is 2.38 bits per heavy atom. The highest BCUT2D eigenvalue weighted by Crippen LogP contribution is 2.22. The van der Waals surface area contributed by atoms with Gasteiger partial charge in [-0.15, -0.1) is 11.6 Å². The summed E-state index contributed by atoms with van der Waals surface area (Å²) >= 11 is 5.81. The van der Waals surface area contributed by atoms with Gasteiger partial charge in [-0.05, 0) is 25.8 Å². The van der Waals surface area contributed by atoms with Gasteiger partial charge in [0.05, 0.1) is 0 Å². The molecule has 2 heteroatoms. The van der Waals surface area contributed by atoms with Crippen molar-refractivity contribution in [3.8, 4) is 0 Å². The Kier molecular flexibility index (Phi) is 5.81. The first kappa shape index (κ1) is 11.3. The second-order valence-electron chi connectivity index (χ2n) is 4.02. The molecule has 1 nitrogen and oxygen atoms in total. The Morgan fingerprint density at radius 2 is 1.85 bits per heavy atom. The molecular weight excluding hydrogens is 182 g/mol. The average molecular weight is 204 g/mol. The third kappa shape index (κ3) is 3.86. The molecule has 0 saturated heterocycles. The van der Waals surface area contributed by atoms with Crippen molar-refractivity contribution < 1.29 is 0 Å². The minimum atomic E-state index is 0.788. The number of nitrogens with zero attached hydrogens (tertiary/aromatic N) is 1. The average Bonchev–Trinajstić information content (AvgIpc) is 2.19. The highest BCUT2D eigenvalue weighted by Gasteiger charge is 2.19. The summed E-state index contributed by atoms with van der Waals surface area (Å²) in [4.78, 5) is 2.59. The summed E-state index contributed by atoms with van der Waals surface area (Å²) in [5.41, 5.74) is 0. The lowest BCUT2D eigenvalue weighted by molar-refractivity contribution is 0.165. The van der Waals surface area contributed by atoms with Gasteiger partial charge in [-0.3, -0.25) is 4.90 Å². The maximum atomic E-state index is 5.81. The number of halogens is 1. The van der Waals surface area contributed by atoms with Crippen molar-refractivity contribution in [3.63, 3.8) is 0 Å². The fraction of sp³-hybridized carbons (Fsp3) is 1.00. The van der Waals surface area contributed by atoms with Crippen LogP contribution in [0.1, 0.15) is 45.4 Å². The molecule has 1 saturated carbocycles. The standard InChI is InChI=1S/C11H22ClN/c1-2-9-13(10-8-12)11-6-4-3-5-7-11/h11H,2-10H2,1H3. The molecule has 1 fully saturated rings. The van der Waals surface area contributed by atoms with E-state index in [0.29, 0.717) is 0 Å². The van der Waals surface area contributed by atoms with Gasteiger partial charge in [0.2, 0.25) is 0 Å². The van der Waals surface area contributed by atoms with Crippen LogP contribution in [0.15, 0.2) is 0 Å². The molecule has 0 aromatic heterocycles. The van der Waals surface area contributed by atoms with Crippen LogP contribution in [0.4, 0.5) is 0 Å². The lowest BCUT2D eigenvalue weighted by Gasteiger charge is -2.33. The molecule has 78 valence electrons. The molecule has 0 aromatic carbocycles. The summed E-state index contributed by atoms with van der Waals surface area (Å²) in [6.07, 6.45) is 8.35. The quantitative estimate of drug-likeness (QED) is 0.620. The normalized spacial score (nSPS) is 19.6. The van der Waals surface area contributed by atoms with Gasteiger partial charge in [0, 0.05) is 18.5 Å². The van der Waals surface area contributed by atoms with E-state index in [1.54, 1.807) is 0 Å². The lowest BCUT2D eigenvalue weighted by atomic mass is 9.94. The first-order chi connectivity index (χ1) is 6.38. The topological polar surface area (TPSA) is 3.24 Å². The van der Waals surface area contributed by atoms with E-state index < -0.39 is 0 Å². The van der Waals surface area contributed by atoms with Crippen LogP contribution in [-0.2, 0) is 0 Å². The predicted molar refractivity (Wildman–Crippen MR) is 59.5 cm³/mol. The van der Waals surface area contributed by atoms with Gasteiger partial charge in [-0.2, -0.15) is 0 Å². The first-order valence-electron chi connectivity index (χ1n) is 5.68. The molecule has 0 spiro atoms. The molecular formula is C11H22ClN. The summed E-state index contributed by atoms with van der Waals surface area (Å²) in [5.74, 6) is 0.788. The van der Waals surface area contributed by atoms with Crippen LogP contribution in [0.3, 0.4) is 0 Å². The molecule has 1 aliphatic rings. The molecule has 0 heterocycles. The van der Waals surface area contributed by atoms with Crippen LogP contribution in [0, 0.1) is 0 Å². The van der Waals surface area contributed by atoms with Gasteiger partial charge in [-0.1, -0.05) is 26.2 Å². The molecule has 1 aliphatic carbocycles. The van der Waals surface area contributed by atoms with Crippen LogP contribution in [0.25, 0.3) is 0 Å². The zero-order valence-electron chi connectivity index (χ0n) is 8.77. The van der Waals surface area contributed by atoms with Gasteiger partial charge in [0.25, 0.3) is 0 Å². The molecule has 1 rings (SSSR count). The second kappa shape index (κ2) is 6.67. The molecule has 0 radical (unpaired) electrons. The van der Waals surface area contributed by atoms with E-state index in [1.165, 1.54) is 45.1 Å². The van der Waals surface area contributed by atoms with E-state index in [2.05, 4.69) is 11.8 Å². The van der Waals surface area contributed by atoms with E-state index in [1.807, 2.05) is 0 Å². The predicted octanol–water partition coefficient (Wildman–Crippen LogP) is 3.27. The molecule has 13 heavy (non-hydrogen) atoms. The summed E-state index contributed by atoms with van der Waals surface area (Å²) in [6, 6.07) is 0.840. The van der Waals surface area contributed by atoms with Crippen LogP contribution in [0.5, 0.6) is 0 Å². The highest BCUT2D eigenvalue weighted by atomic mass is 35.5. The molecule has 0 atom stereocenters. The Labute approximate surface area is 87.4 Å². The largest absolute Gasteiger partial charge is 0.299 e. The molecule has 0 N–H and O–H groups in total. The van der Waals surface area contributed by atoms with Crippen molar-refractivity contribution in [3.05, 3.63) is 0 Å². The maximum absolute atomic E-state index is 5.81. The number of hydrogen-bond donors (Lipinski definition) is 0. The Balaban J connectivity index is 2.32. The number of rotatable bonds is 5. The zero-order chi connectivity index (χ0) is 9.52. The van der Waals surface area contributed by atoms with Gasteiger partial charge in [0.1, 0.15) is 0 Å². The second-order valence-corrected chi connectivity index (χ2v) is 4.39. The summed E-state index contributed by atoms with van der Waals surface area (Å²) < 4.78 is 0. The van der Waals surface area contributed by atoms with E-state index in [4.69, 9.17) is 11.6 Å². The summed E-state index contributed by atoms with van der Waals surface area (Å²) in [5, 5.41) is 0. The van der Waals surface area contributed by atoms with Crippen LogP contribution >= 0.6 is 11.6 Å². The smallest absolute Gasteiger partial charge is 0.0351 e. The Hall–Kier alpha value is 0.250. The monoisotopic (exact) mass is 203 g/mol. The van der Waals surface area contributed by atoms with E-state index in [-0.39, 0.29) is 0 Å². The van der Waals surface area contributed by atoms with Crippen molar-refractivity contribution in [2.75, 3.05) is 19.0 Å². The minimum Gasteiger partial charge on any atom is -0.299 e. The third-order valence-corrected chi connectivity index (χ3v) is 3.14. The SMILES string of the molecule is CCCN(CCCl)C1CCCCC1. The fourth-order valence-corrected chi connectivity index (χ4v) is 2.54. The van der Waals surface area contributed by atoms with Crippen LogP contribution < -0.4 is 0 Å². The van der Waals surface area contributed by atoms with Crippen molar-refractivity contribution >= 4 is 11.6 Å². The summed E-state index contributed by atoms with van der Waals surface area (Å²) in [6.45, 7) is 4.57. The number of hydrogen-bond acceptors (Lipinski definition) is 1. The number of alkyl halides is 1. The van der Waals surface area contributed by atoms with Crippen LogP contribution in [0.2, 0.25) is 0 Å². The van der Waals surface area contributed by atoms with Gasteiger partial charge >= 0.3 is 0 Å². The van der Waals surface area contributed by atoms with Crippen LogP contribution in [-0.4, -0.2) is 29.9 Å². The highest BCUT2D eigenvalue weighted by molar-refractivity contribution is 6.18. The van der Waals surface area contributed by atoms with Crippen molar-refractivity contribution in [1.29, 1.82) is 0 Å². The third-order valence-electron chi connectivity index (χ3n) is 2.97. The Morgan fingerprint density at radius 1 is 1.15 bits per heavy atom. The van der Waals surface area contributed by atoms with E-state index in [0.717, 1.165) is 18.5 Å². The maximum Gasteiger partial charge on any atom is 0.0351 e. The molecule has 0 bridgehead atoms. The van der Waals surface area contributed by atoms with Crippen molar-refractivity contribution in [2.45, 2.75) is 51.5 Å². The Bertz CT molecular complexity index is 115. The fourth-order valence-electron chi connectivity index (χ4n) is 2.32. The van der Waals surface area contributed by atoms with E-state index >= 15 is 0 Å². The lowest BCUT2D eigenvalue weighted by Crippen LogP contribution is -2.38. The van der Waals surface area contributed by atoms with E-state index in [9.17, 15) is 0 Å². The first-order valence-corrected chi connectivity index (χ1v) is 6.22. The zero-order valence-corrected chi connectivity index (χ0v) is 9.52. The summed E-state index contributed by atoms with van der Waals surface area (Å²) in [7, 11) is 0. The van der Waals surface area contributed by atoms with Gasteiger partial charge in [0.15, 0.2) is 0 Å². The molecule has 0 aromatic rings. The van der Waals surface area contributed by atoms with Gasteiger partial charge < -0.3 is 0 Å². The molecule has 0 unspecified atom stereocenters. The molecule has 0 amide bonds. The molecule has 0 aliphatic heterocycles. The van der Waals surface area contributed by atoms with Gasteiger partial charge in [-0.25, -0.2) is 0 Å². The van der Waals surface area contributed by atoms with Crippen molar-refractivity contribution in [1.82, 2.24) is 4.90 Å². The van der Waals surface area contributed by atoms with Crippen molar-refractivity contribution in [2.24, 2.45) is 0 Å².